The van der Waals surface area contributed by atoms with E-state index in [1.165, 1.54) is 16.8 Å². The first-order valence-corrected chi connectivity index (χ1v) is 8.52. The van der Waals surface area contributed by atoms with Crippen molar-refractivity contribution < 1.29 is 4.79 Å². The Kier molecular flexibility index (Phi) is 6.40. The average Bonchev–Trinajstić information content (AvgIpc) is 2.56. The van der Waals surface area contributed by atoms with Crippen LogP contribution in [0.15, 0.2) is 35.1 Å². The molecule has 5 nitrogen and oxygen atoms in total. The van der Waals surface area contributed by atoms with E-state index in [0.29, 0.717) is 16.6 Å². The zero-order chi connectivity index (χ0) is 17.7. The van der Waals surface area contributed by atoms with Crippen LogP contribution < -0.4 is 10.9 Å². The number of nitrogens with one attached hydrogen (secondary N) is 1. The fraction of sp³-hybridized carbons (Fsp3) is 0.353. The summed E-state index contributed by atoms with van der Waals surface area (Å²) in [6.07, 6.45) is 1.77. The maximum atomic E-state index is 12.4. The molecule has 1 aromatic heterocycles. The molecule has 0 aliphatic heterocycles. The first kappa shape index (κ1) is 18.5. The highest BCUT2D eigenvalue weighted by atomic mass is 35.5. The summed E-state index contributed by atoms with van der Waals surface area (Å²) in [5, 5.41) is 7.87. The van der Waals surface area contributed by atoms with Gasteiger partial charge in [-0.3, -0.25) is 9.59 Å². The van der Waals surface area contributed by atoms with Gasteiger partial charge in [-0.2, -0.15) is 5.10 Å². The molecule has 0 aliphatic carbocycles. The van der Waals surface area contributed by atoms with Crippen LogP contribution in [0.4, 0.5) is 0 Å². The van der Waals surface area contributed by atoms with Crippen LogP contribution in [0, 0.1) is 0 Å². The first-order chi connectivity index (χ1) is 11.4. The minimum atomic E-state index is -0.348. The molecule has 2 rings (SSSR count). The lowest BCUT2D eigenvalue weighted by molar-refractivity contribution is 0.0932. The fourth-order valence-electron chi connectivity index (χ4n) is 2.17. The summed E-state index contributed by atoms with van der Waals surface area (Å²) in [6, 6.07) is 7.72. The molecule has 0 aliphatic rings. The van der Waals surface area contributed by atoms with Crippen molar-refractivity contribution in [1.29, 1.82) is 0 Å². The number of carbonyl (C=O) groups is 1. The van der Waals surface area contributed by atoms with Crippen LogP contribution in [-0.4, -0.2) is 15.7 Å². The zero-order valence-electron chi connectivity index (χ0n) is 13.6. The third-order valence-electron chi connectivity index (χ3n) is 3.61. The van der Waals surface area contributed by atoms with Gasteiger partial charge in [0.2, 0.25) is 0 Å². The number of hydrogen-bond acceptors (Lipinski definition) is 3. The van der Waals surface area contributed by atoms with Crippen molar-refractivity contribution in [2.45, 2.75) is 39.3 Å². The molecule has 0 bridgehead atoms. The summed E-state index contributed by atoms with van der Waals surface area (Å²) in [4.78, 5) is 24.1. The lowest BCUT2D eigenvalue weighted by atomic mass is 10.1. The van der Waals surface area contributed by atoms with E-state index >= 15 is 0 Å². The molecule has 0 saturated heterocycles. The van der Waals surface area contributed by atoms with E-state index < -0.39 is 0 Å². The van der Waals surface area contributed by atoms with Crippen molar-refractivity contribution >= 4 is 29.1 Å². The Hall–Kier alpha value is -1.85. The van der Waals surface area contributed by atoms with E-state index in [4.69, 9.17) is 23.2 Å². The maximum Gasteiger partial charge on any atom is 0.272 e. The van der Waals surface area contributed by atoms with Gasteiger partial charge in [-0.1, -0.05) is 42.6 Å². The van der Waals surface area contributed by atoms with Gasteiger partial charge in [0.15, 0.2) is 0 Å². The molecule has 1 unspecified atom stereocenters. The first-order valence-electron chi connectivity index (χ1n) is 7.76. The number of carbonyl (C=O) groups excluding carboxylic acids is 1. The van der Waals surface area contributed by atoms with E-state index in [-0.39, 0.29) is 23.2 Å². The number of nitrogens with zero attached hydrogens (tertiary/aromatic N) is 2. The predicted octanol–water partition coefficient (Wildman–Crippen LogP) is 3.84. The summed E-state index contributed by atoms with van der Waals surface area (Å²) in [5.74, 6) is -0.348. The highest BCUT2D eigenvalue weighted by Gasteiger charge is 2.14. The molecule has 1 aromatic carbocycles. The normalized spacial score (nSPS) is 12.0. The average molecular weight is 368 g/mol. The number of halogens is 2. The highest BCUT2D eigenvalue weighted by molar-refractivity contribution is 6.42. The Morgan fingerprint density at radius 2 is 2.00 bits per heavy atom. The summed E-state index contributed by atoms with van der Waals surface area (Å²) in [7, 11) is 0. The topological polar surface area (TPSA) is 64.0 Å². The smallest absolute Gasteiger partial charge is 0.272 e. The van der Waals surface area contributed by atoms with Gasteiger partial charge in [0.25, 0.3) is 11.5 Å². The molecule has 1 atom stereocenters. The minimum Gasteiger partial charge on any atom is -0.344 e. The molecule has 2 aromatic rings. The standard InChI is InChI=1S/C17H19Cl2N3O2/c1-3-4-9-22-16(23)8-7-15(21-22)17(24)20-11(2)12-5-6-13(18)14(19)10-12/h5-8,10-11H,3-4,9H2,1-2H3,(H,20,24). The summed E-state index contributed by atoms with van der Waals surface area (Å²) in [6.45, 7) is 4.36. The quantitative estimate of drug-likeness (QED) is 0.843. The second-order valence-electron chi connectivity index (χ2n) is 5.50. The molecule has 1 amide bonds. The van der Waals surface area contributed by atoms with Gasteiger partial charge in [0.05, 0.1) is 16.1 Å². The van der Waals surface area contributed by atoms with Crippen molar-refractivity contribution in [3.05, 3.63) is 62.0 Å². The highest BCUT2D eigenvalue weighted by Crippen LogP contribution is 2.25. The van der Waals surface area contributed by atoms with Gasteiger partial charge >= 0.3 is 0 Å². The van der Waals surface area contributed by atoms with Crippen molar-refractivity contribution in [2.75, 3.05) is 0 Å². The van der Waals surface area contributed by atoms with Crippen LogP contribution >= 0.6 is 23.2 Å². The maximum absolute atomic E-state index is 12.4. The molecular formula is C17H19Cl2N3O2. The van der Waals surface area contributed by atoms with E-state index in [2.05, 4.69) is 10.4 Å². The lowest BCUT2D eigenvalue weighted by Gasteiger charge is -2.15. The number of benzene rings is 1. The molecule has 24 heavy (non-hydrogen) atoms. The largest absolute Gasteiger partial charge is 0.344 e. The molecule has 0 radical (unpaired) electrons. The summed E-state index contributed by atoms with van der Waals surface area (Å²) in [5.41, 5.74) is 0.826. The summed E-state index contributed by atoms with van der Waals surface area (Å²) >= 11 is 11.9. The second-order valence-corrected chi connectivity index (χ2v) is 6.32. The number of aryl methyl sites for hydroxylation is 1. The van der Waals surface area contributed by atoms with E-state index in [0.717, 1.165) is 18.4 Å². The van der Waals surface area contributed by atoms with Gasteiger partial charge in [0.1, 0.15) is 5.69 Å². The molecule has 0 spiro atoms. The van der Waals surface area contributed by atoms with E-state index in [9.17, 15) is 9.59 Å². The van der Waals surface area contributed by atoms with Crippen LogP contribution in [0.2, 0.25) is 10.0 Å². The van der Waals surface area contributed by atoms with Crippen molar-refractivity contribution in [3.63, 3.8) is 0 Å². The Labute approximate surface area is 150 Å². The third kappa shape index (κ3) is 4.58. The SMILES string of the molecule is CCCCn1nc(C(=O)NC(C)c2ccc(Cl)c(Cl)c2)ccc1=O. The Balaban J connectivity index is 2.13. The Bertz CT molecular complexity index is 790. The van der Waals surface area contributed by atoms with Crippen LogP contribution in [0.25, 0.3) is 0 Å². The monoisotopic (exact) mass is 367 g/mol. The van der Waals surface area contributed by atoms with Crippen LogP contribution in [0.1, 0.15) is 48.8 Å². The molecule has 1 N–H and O–H groups in total. The number of aromatic nitrogens is 2. The van der Waals surface area contributed by atoms with Crippen molar-refractivity contribution in [1.82, 2.24) is 15.1 Å². The number of amides is 1. The van der Waals surface area contributed by atoms with Gasteiger partial charge < -0.3 is 5.32 Å². The Morgan fingerprint density at radius 1 is 1.25 bits per heavy atom. The zero-order valence-corrected chi connectivity index (χ0v) is 15.1. The van der Waals surface area contributed by atoms with Gasteiger partial charge in [-0.15, -0.1) is 0 Å². The molecule has 7 heteroatoms. The molecule has 1 heterocycles. The second kappa shape index (κ2) is 8.31. The van der Waals surface area contributed by atoms with E-state index in [1.807, 2.05) is 13.8 Å². The number of hydrogen-bond donors (Lipinski definition) is 1. The van der Waals surface area contributed by atoms with E-state index in [1.54, 1.807) is 18.2 Å². The van der Waals surface area contributed by atoms with Crippen LogP contribution in [0.3, 0.4) is 0 Å². The van der Waals surface area contributed by atoms with Gasteiger partial charge in [-0.25, -0.2) is 4.68 Å². The number of unbranched alkanes of at least 4 members (excludes halogenated alkanes) is 1. The molecule has 128 valence electrons. The molecule has 0 fully saturated rings. The minimum absolute atomic E-state index is 0.206. The molecule has 0 saturated carbocycles. The molecular weight excluding hydrogens is 349 g/mol. The fourth-order valence-corrected chi connectivity index (χ4v) is 2.48. The third-order valence-corrected chi connectivity index (χ3v) is 4.35. The van der Waals surface area contributed by atoms with Crippen molar-refractivity contribution in [3.8, 4) is 0 Å². The van der Waals surface area contributed by atoms with Crippen molar-refractivity contribution in [2.24, 2.45) is 0 Å². The van der Waals surface area contributed by atoms with Gasteiger partial charge in [0, 0.05) is 12.6 Å². The Morgan fingerprint density at radius 3 is 2.67 bits per heavy atom. The lowest BCUT2D eigenvalue weighted by Crippen LogP contribution is -2.31. The summed E-state index contributed by atoms with van der Waals surface area (Å²) < 4.78 is 1.32. The number of rotatable bonds is 6. The van der Waals surface area contributed by atoms with Crippen LogP contribution in [-0.2, 0) is 6.54 Å². The van der Waals surface area contributed by atoms with Gasteiger partial charge in [-0.05, 0) is 37.1 Å². The van der Waals surface area contributed by atoms with Crippen LogP contribution in [0.5, 0.6) is 0 Å². The predicted molar refractivity (Wildman–Crippen MR) is 95.7 cm³/mol.